The largest absolute Gasteiger partial charge is 0.351 e. The lowest BCUT2D eigenvalue weighted by Crippen LogP contribution is -2.33. The van der Waals surface area contributed by atoms with E-state index < -0.39 is 6.03 Å². The molecule has 0 aromatic carbocycles. The molecule has 0 radical (unpaired) electrons. The minimum Gasteiger partial charge on any atom is -0.351 e. The monoisotopic (exact) mass is 156 g/mol. The summed E-state index contributed by atoms with van der Waals surface area (Å²) < 4.78 is 0. The van der Waals surface area contributed by atoms with Gasteiger partial charge in [0.15, 0.2) is 0 Å². The van der Waals surface area contributed by atoms with Gasteiger partial charge in [0.25, 0.3) is 0 Å². The van der Waals surface area contributed by atoms with Crippen molar-refractivity contribution in [3.63, 3.8) is 0 Å². The van der Waals surface area contributed by atoms with Gasteiger partial charge < -0.3 is 5.73 Å². The van der Waals surface area contributed by atoms with Gasteiger partial charge in [-0.2, -0.15) is 0 Å². The third-order valence-corrected chi connectivity index (χ3v) is 1.18. The first-order valence-corrected chi connectivity index (χ1v) is 2.95. The maximum atomic E-state index is 10.1. The lowest BCUT2D eigenvalue weighted by molar-refractivity contribution is 0.222. The van der Waals surface area contributed by atoms with Crippen LogP contribution in [0.15, 0.2) is 0 Å². The number of rotatable bonds is 2. The smallest absolute Gasteiger partial charge is 0.316 e. The van der Waals surface area contributed by atoms with Crippen LogP contribution < -0.4 is 5.73 Å². The number of nitrogens with two attached hydrogens (primary N) is 1. The SMILES string of the molecule is NC(=O)N(CCl)CCl. The van der Waals surface area contributed by atoms with Crippen molar-refractivity contribution >= 4 is 29.2 Å². The number of hydrogen-bond donors (Lipinski definition) is 1. The molecule has 2 amide bonds. The third-order valence-electron chi connectivity index (χ3n) is 0.600. The van der Waals surface area contributed by atoms with Crippen molar-refractivity contribution in [1.82, 2.24) is 4.90 Å². The van der Waals surface area contributed by atoms with Gasteiger partial charge in [0, 0.05) is 0 Å². The highest BCUT2D eigenvalue weighted by molar-refractivity contribution is 6.21. The molecule has 0 spiro atoms. The van der Waals surface area contributed by atoms with Crippen LogP contribution in [0.25, 0.3) is 0 Å². The van der Waals surface area contributed by atoms with Crippen molar-refractivity contribution in [2.24, 2.45) is 5.73 Å². The van der Waals surface area contributed by atoms with E-state index in [9.17, 15) is 4.79 Å². The summed E-state index contributed by atoms with van der Waals surface area (Å²) >= 11 is 10.4. The molecule has 0 saturated carbocycles. The Morgan fingerprint density at radius 3 is 1.88 bits per heavy atom. The van der Waals surface area contributed by atoms with Crippen LogP contribution in [0, 0.1) is 0 Å². The second kappa shape index (κ2) is 3.80. The van der Waals surface area contributed by atoms with Gasteiger partial charge in [-0.3, -0.25) is 4.90 Å². The molecule has 0 aliphatic carbocycles. The average Bonchev–Trinajstić information content (AvgIpc) is 1.69. The number of nitrogens with zero attached hydrogens (tertiary/aromatic N) is 1. The first-order valence-electron chi connectivity index (χ1n) is 1.88. The van der Waals surface area contributed by atoms with Gasteiger partial charge in [-0.15, -0.1) is 23.2 Å². The van der Waals surface area contributed by atoms with Gasteiger partial charge in [0.05, 0.1) is 12.0 Å². The van der Waals surface area contributed by atoms with Crippen LogP contribution in [-0.2, 0) is 0 Å². The summed E-state index contributed by atoms with van der Waals surface area (Å²) in [6.07, 6.45) is 0. The molecule has 0 aromatic rings. The van der Waals surface area contributed by atoms with Gasteiger partial charge in [-0.1, -0.05) is 0 Å². The Kier molecular flexibility index (Phi) is 3.73. The molecule has 0 fully saturated rings. The summed E-state index contributed by atoms with van der Waals surface area (Å²) in [6, 6.07) is -0.521. The summed E-state index contributed by atoms with van der Waals surface area (Å²) in [6.45, 7) is 0. The van der Waals surface area contributed by atoms with E-state index in [1.165, 1.54) is 0 Å². The molecule has 8 heavy (non-hydrogen) atoms. The molecule has 5 heteroatoms. The van der Waals surface area contributed by atoms with Crippen LogP contribution in [0.4, 0.5) is 4.79 Å². The van der Waals surface area contributed by atoms with Crippen LogP contribution in [0.2, 0.25) is 0 Å². The number of alkyl halides is 2. The van der Waals surface area contributed by atoms with E-state index in [0.29, 0.717) is 0 Å². The maximum Gasteiger partial charge on any atom is 0.316 e. The minimum atomic E-state index is -0.602. The molecule has 0 bridgehead atoms. The Hall–Kier alpha value is -0.150. The van der Waals surface area contributed by atoms with Crippen LogP contribution in [0.1, 0.15) is 0 Å². The van der Waals surface area contributed by atoms with Crippen LogP contribution in [0.5, 0.6) is 0 Å². The Balaban J connectivity index is 3.52. The molecule has 0 aliphatic rings. The van der Waals surface area contributed by atoms with E-state index in [-0.39, 0.29) is 12.0 Å². The number of halogens is 2. The van der Waals surface area contributed by atoms with E-state index in [4.69, 9.17) is 28.9 Å². The molecular weight excluding hydrogens is 151 g/mol. The number of carbonyl (C=O) groups is 1. The van der Waals surface area contributed by atoms with Crippen molar-refractivity contribution in [3.8, 4) is 0 Å². The van der Waals surface area contributed by atoms with Gasteiger partial charge >= 0.3 is 6.03 Å². The van der Waals surface area contributed by atoms with Gasteiger partial charge in [-0.25, -0.2) is 4.79 Å². The van der Waals surface area contributed by atoms with E-state index in [1.807, 2.05) is 0 Å². The molecule has 0 heterocycles. The van der Waals surface area contributed by atoms with Crippen molar-refractivity contribution in [1.29, 1.82) is 0 Å². The fraction of sp³-hybridized carbons (Fsp3) is 0.667. The van der Waals surface area contributed by atoms with Gasteiger partial charge in [0.2, 0.25) is 0 Å². The average molecular weight is 157 g/mol. The number of urea groups is 1. The fourth-order valence-corrected chi connectivity index (χ4v) is 0.641. The van der Waals surface area contributed by atoms with E-state index in [1.54, 1.807) is 0 Å². The standard InChI is InChI=1S/C3H6Cl2N2O/c4-1-7(2-5)3(6)8/h1-2H2,(H2,6,8). The molecule has 0 atom stereocenters. The number of carbonyl (C=O) groups excluding carboxylic acids is 1. The van der Waals surface area contributed by atoms with Crippen molar-refractivity contribution in [3.05, 3.63) is 0 Å². The Morgan fingerprint density at radius 1 is 1.50 bits per heavy atom. The number of primary amides is 1. The topological polar surface area (TPSA) is 46.3 Å². The molecular formula is C3H6Cl2N2O. The van der Waals surface area contributed by atoms with Crippen LogP contribution in [-0.4, -0.2) is 22.9 Å². The van der Waals surface area contributed by atoms with Crippen molar-refractivity contribution in [2.45, 2.75) is 0 Å². The molecule has 0 saturated heterocycles. The second-order valence-electron chi connectivity index (χ2n) is 1.12. The quantitative estimate of drug-likeness (QED) is 0.466. The summed E-state index contributed by atoms with van der Waals surface area (Å²) in [7, 11) is 0. The summed E-state index contributed by atoms with van der Waals surface area (Å²) in [4.78, 5) is 11.2. The summed E-state index contributed by atoms with van der Waals surface area (Å²) in [5, 5.41) is 0. The highest BCUT2D eigenvalue weighted by Gasteiger charge is 2.02. The molecule has 48 valence electrons. The fourth-order valence-electron chi connectivity index (χ4n) is 0.150. The van der Waals surface area contributed by atoms with Gasteiger partial charge in [-0.05, 0) is 0 Å². The Bertz CT molecular complexity index is 83.4. The highest BCUT2D eigenvalue weighted by Crippen LogP contribution is 1.91. The zero-order chi connectivity index (χ0) is 6.57. The zero-order valence-corrected chi connectivity index (χ0v) is 5.61. The van der Waals surface area contributed by atoms with Crippen LogP contribution >= 0.6 is 23.2 Å². The molecule has 0 unspecified atom stereocenters. The first kappa shape index (κ1) is 7.85. The molecule has 0 aromatic heterocycles. The summed E-state index contributed by atoms with van der Waals surface area (Å²) in [5.41, 5.74) is 4.78. The van der Waals surface area contributed by atoms with E-state index in [2.05, 4.69) is 0 Å². The van der Waals surface area contributed by atoms with Gasteiger partial charge in [0.1, 0.15) is 0 Å². The molecule has 0 aliphatic heterocycles. The first-order chi connectivity index (χ1) is 3.72. The lowest BCUT2D eigenvalue weighted by Gasteiger charge is -2.10. The maximum absolute atomic E-state index is 10.1. The van der Waals surface area contributed by atoms with E-state index in [0.717, 1.165) is 4.90 Å². The Morgan fingerprint density at radius 2 is 1.88 bits per heavy atom. The van der Waals surface area contributed by atoms with E-state index >= 15 is 0 Å². The zero-order valence-electron chi connectivity index (χ0n) is 4.10. The van der Waals surface area contributed by atoms with Crippen molar-refractivity contribution in [2.75, 3.05) is 12.0 Å². The number of amides is 2. The second-order valence-corrected chi connectivity index (χ2v) is 1.60. The minimum absolute atomic E-state index is 0.0405. The van der Waals surface area contributed by atoms with Crippen molar-refractivity contribution < 1.29 is 4.79 Å². The predicted octanol–water partition coefficient (Wildman–Crippen LogP) is 0.760. The summed E-state index contributed by atoms with van der Waals surface area (Å²) in [5.74, 6) is 0. The number of hydrogen-bond acceptors (Lipinski definition) is 1. The lowest BCUT2D eigenvalue weighted by atomic mass is 10.9. The highest BCUT2D eigenvalue weighted by atomic mass is 35.5. The predicted molar refractivity (Wildman–Crippen MR) is 32.9 cm³/mol. The molecule has 0 rings (SSSR count). The normalized spacial score (nSPS) is 8.75. The third kappa shape index (κ3) is 2.23. The molecule has 2 N–H and O–H groups in total. The Labute approximate surface area is 57.3 Å². The van der Waals surface area contributed by atoms with Crippen LogP contribution in [0.3, 0.4) is 0 Å². The molecule has 3 nitrogen and oxygen atoms in total.